The highest BCUT2D eigenvalue weighted by molar-refractivity contribution is 5.85. The minimum atomic E-state index is -0.188. The van der Waals surface area contributed by atoms with E-state index in [4.69, 9.17) is 4.74 Å². The number of hydrogen-bond donors (Lipinski definition) is 0. The SMILES string of the molecule is C=C1CCCC(C)(C)[C@@H]1CC/C(C)=C/CC/C(C)=C/CCC1=CC(=O)OC1. The summed E-state index contributed by atoms with van der Waals surface area (Å²) in [6.07, 6.45) is 16.8. The van der Waals surface area contributed by atoms with Crippen LogP contribution in [0.2, 0.25) is 0 Å². The van der Waals surface area contributed by atoms with Gasteiger partial charge in [-0.25, -0.2) is 4.79 Å². The van der Waals surface area contributed by atoms with Crippen molar-refractivity contribution in [1.29, 1.82) is 0 Å². The summed E-state index contributed by atoms with van der Waals surface area (Å²) in [6, 6.07) is 0. The second-order valence-electron chi connectivity index (χ2n) is 9.18. The molecule has 1 heterocycles. The molecule has 0 amide bonds. The van der Waals surface area contributed by atoms with Gasteiger partial charge in [0.1, 0.15) is 6.61 Å². The lowest BCUT2D eigenvalue weighted by Crippen LogP contribution is -2.29. The van der Waals surface area contributed by atoms with Crippen LogP contribution in [0.5, 0.6) is 0 Å². The fourth-order valence-electron chi connectivity index (χ4n) is 4.45. The zero-order valence-corrected chi connectivity index (χ0v) is 17.9. The Morgan fingerprint density at radius 3 is 2.59 bits per heavy atom. The van der Waals surface area contributed by atoms with Crippen molar-refractivity contribution in [3.05, 3.63) is 47.1 Å². The third-order valence-electron chi connectivity index (χ3n) is 6.29. The summed E-state index contributed by atoms with van der Waals surface area (Å²) in [7, 11) is 0. The first-order chi connectivity index (χ1) is 12.8. The number of cyclic esters (lactones) is 1. The molecule has 2 heteroatoms. The smallest absolute Gasteiger partial charge is 0.331 e. The van der Waals surface area contributed by atoms with Crippen LogP contribution in [-0.4, -0.2) is 12.6 Å². The van der Waals surface area contributed by atoms with E-state index in [1.165, 1.54) is 48.8 Å². The van der Waals surface area contributed by atoms with Crippen LogP contribution in [-0.2, 0) is 9.53 Å². The number of allylic oxidation sites excluding steroid dienone is 5. The highest BCUT2D eigenvalue weighted by Gasteiger charge is 2.33. The molecule has 0 N–H and O–H groups in total. The average molecular weight is 371 g/mol. The third-order valence-corrected chi connectivity index (χ3v) is 6.29. The summed E-state index contributed by atoms with van der Waals surface area (Å²) in [5.41, 5.74) is 5.96. The fourth-order valence-corrected chi connectivity index (χ4v) is 4.45. The molecule has 0 aromatic rings. The van der Waals surface area contributed by atoms with Gasteiger partial charge < -0.3 is 4.74 Å². The molecule has 2 aliphatic rings. The third kappa shape index (κ3) is 7.16. The van der Waals surface area contributed by atoms with Crippen LogP contribution in [0.25, 0.3) is 0 Å². The van der Waals surface area contributed by atoms with Gasteiger partial charge in [0, 0.05) is 6.08 Å². The van der Waals surface area contributed by atoms with Crippen molar-refractivity contribution >= 4 is 5.97 Å². The monoisotopic (exact) mass is 370 g/mol. The molecule has 0 bridgehead atoms. The van der Waals surface area contributed by atoms with E-state index in [0.717, 1.165) is 31.3 Å². The van der Waals surface area contributed by atoms with Crippen molar-refractivity contribution in [2.24, 2.45) is 11.3 Å². The maximum Gasteiger partial charge on any atom is 0.331 e. The van der Waals surface area contributed by atoms with Gasteiger partial charge in [0.15, 0.2) is 0 Å². The van der Waals surface area contributed by atoms with Crippen molar-refractivity contribution in [2.75, 3.05) is 6.61 Å². The molecule has 1 atom stereocenters. The Morgan fingerprint density at radius 2 is 1.93 bits per heavy atom. The molecular formula is C25H38O2. The molecular weight excluding hydrogens is 332 g/mol. The van der Waals surface area contributed by atoms with E-state index in [1.807, 2.05) is 0 Å². The number of ether oxygens (including phenoxy) is 1. The molecule has 2 nitrogen and oxygen atoms in total. The summed E-state index contributed by atoms with van der Waals surface area (Å²) in [5, 5.41) is 0. The lowest BCUT2D eigenvalue weighted by molar-refractivity contribution is -0.134. The Morgan fingerprint density at radius 1 is 1.22 bits per heavy atom. The molecule has 27 heavy (non-hydrogen) atoms. The summed E-state index contributed by atoms with van der Waals surface area (Å²) in [5.74, 6) is 0.489. The van der Waals surface area contributed by atoms with Gasteiger partial charge in [-0.1, -0.05) is 49.3 Å². The van der Waals surface area contributed by atoms with Gasteiger partial charge in [-0.15, -0.1) is 0 Å². The van der Waals surface area contributed by atoms with Crippen molar-refractivity contribution in [2.45, 2.75) is 85.5 Å². The lowest BCUT2D eigenvalue weighted by Gasteiger charge is -2.40. The van der Waals surface area contributed by atoms with E-state index in [0.29, 0.717) is 17.9 Å². The van der Waals surface area contributed by atoms with E-state index >= 15 is 0 Å². The summed E-state index contributed by atoms with van der Waals surface area (Å²) in [6.45, 7) is 14.2. The zero-order chi connectivity index (χ0) is 19.9. The predicted octanol–water partition coefficient (Wildman–Crippen LogP) is 7.09. The van der Waals surface area contributed by atoms with Gasteiger partial charge in [0.05, 0.1) is 0 Å². The van der Waals surface area contributed by atoms with Crippen molar-refractivity contribution in [3.8, 4) is 0 Å². The minimum absolute atomic E-state index is 0.188. The van der Waals surface area contributed by atoms with Crippen molar-refractivity contribution in [3.63, 3.8) is 0 Å². The fraction of sp³-hybridized carbons (Fsp3) is 0.640. The predicted molar refractivity (Wildman–Crippen MR) is 115 cm³/mol. The Hall–Kier alpha value is -1.57. The molecule has 1 aliphatic heterocycles. The topological polar surface area (TPSA) is 26.3 Å². The molecule has 0 radical (unpaired) electrons. The maximum absolute atomic E-state index is 11.0. The van der Waals surface area contributed by atoms with E-state index in [1.54, 1.807) is 6.08 Å². The van der Waals surface area contributed by atoms with Crippen LogP contribution in [0, 0.1) is 11.3 Å². The van der Waals surface area contributed by atoms with Gasteiger partial charge in [0.2, 0.25) is 0 Å². The largest absolute Gasteiger partial charge is 0.458 e. The normalized spacial score (nSPS) is 23.4. The number of carbonyl (C=O) groups is 1. The van der Waals surface area contributed by atoms with Gasteiger partial charge >= 0.3 is 5.97 Å². The van der Waals surface area contributed by atoms with Crippen LogP contribution in [0.3, 0.4) is 0 Å². The molecule has 0 spiro atoms. The Kier molecular flexibility index (Phi) is 8.13. The first kappa shape index (κ1) is 21.7. The highest BCUT2D eigenvalue weighted by Crippen LogP contribution is 2.45. The first-order valence-corrected chi connectivity index (χ1v) is 10.6. The molecule has 1 fully saturated rings. The van der Waals surface area contributed by atoms with E-state index in [2.05, 4.69) is 46.4 Å². The molecule has 2 rings (SSSR count). The zero-order valence-electron chi connectivity index (χ0n) is 17.9. The Balaban J connectivity index is 1.68. The van der Waals surface area contributed by atoms with Gasteiger partial charge in [-0.2, -0.15) is 0 Å². The van der Waals surface area contributed by atoms with Gasteiger partial charge in [0.25, 0.3) is 0 Å². The number of esters is 1. The van der Waals surface area contributed by atoms with Crippen LogP contribution in [0.15, 0.2) is 47.1 Å². The van der Waals surface area contributed by atoms with Gasteiger partial charge in [-0.3, -0.25) is 0 Å². The van der Waals surface area contributed by atoms with Gasteiger partial charge in [-0.05, 0) is 88.5 Å². The molecule has 1 saturated carbocycles. The van der Waals surface area contributed by atoms with Crippen molar-refractivity contribution in [1.82, 2.24) is 0 Å². The Labute approximate surface area is 166 Å². The van der Waals surface area contributed by atoms with Crippen LogP contribution >= 0.6 is 0 Å². The summed E-state index contributed by atoms with van der Waals surface area (Å²) in [4.78, 5) is 11.0. The second kappa shape index (κ2) is 10.1. The number of carbonyl (C=O) groups excluding carboxylic acids is 1. The van der Waals surface area contributed by atoms with Crippen molar-refractivity contribution < 1.29 is 9.53 Å². The Bertz CT molecular complexity index is 631. The molecule has 0 unspecified atom stereocenters. The van der Waals surface area contributed by atoms with E-state index in [-0.39, 0.29) is 5.97 Å². The highest BCUT2D eigenvalue weighted by atomic mass is 16.5. The quantitative estimate of drug-likeness (QED) is 0.320. The van der Waals surface area contributed by atoms with E-state index < -0.39 is 0 Å². The van der Waals surface area contributed by atoms with Crippen LogP contribution in [0.4, 0.5) is 0 Å². The molecule has 0 saturated heterocycles. The standard InChI is InChI=1S/C25H38O2/c1-19(11-7-13-22-17-24(26)27-18-22)9-6-10-20(2)14-15-23-21(3)12-8-16-25(23,4)5/h10-11,17,23H,3,6-9,12-16,18H2,1-2,4-5H3/b19-11+,20-10+/t23-/m1/s1. The molecule has 150 valence electrons. The first-order valence-electron chi connectivity index (χ1n) is 10.6. The van der Waals surface area contributed by atoms with Crippen LogP contribution in [0.1, 0.15) is 85.5 Å². The second-order valence-corrected chi connectivity index (χ2v) is 9.18. The molecule has 0 aromatic carbocycles. The summed E-state index contributed by atoms with van der Waals surface area (Å²) < 4.78 is 4.93. The number of hydrogen-bond acceptors (Lipinski definition) is 2. The maximum atomic E-state index is 11.0. The lowest BCUT2D eigenvalue weighted by atomic mass is 9.65. The molecule has 1 aliphatic carbocycles. The minimum Gasteiger partial charge on any atom is -0.458 e. The van der Waals surface area contributed by atoms with Crippen LogP contribution < -0.4 is 0 Å². The molecule has 0 aromatic heterocycles. The number of rotatable bonds is 9. The van der Waals surface area contributed by atoms with E-state index in [9.17, 15) is 4.79 Å². The summed E-state index contributed by atoms with van der Waals surface area (Å²) >= 11 is 0. The average Bonchev–Trinajstić information content (AvgIpc) is 2.99.